The van der Waals surface area contributed by atoms with Gasteiger partial charge in [0.1, 0.15) is 0 Å². The molecule has 0 saturated carbocycles. The van der Waals surface area contributed by atoms with Crippen molar-refractivity contribution in [3.8, 4) is 0 Å². The molecule has 0 unspecified atom stereocenters. The lowest BCUT2D eigenvalue weighted by Gasteiger charge is -2.18. The molecule has 0 spiro atoms. The van der Waals surface area contributed by atoms with Crippen molar-refractivity contribution in [3.05, 3.63) is 23.8 Å². The number of hydrogen-bond acceptors (Lipinski definition) is 5. The molecule has 0 aliphatic rings. The number of amides is 1. The van der Waals surface area contributed by atoms with Crippen LogP contribution in [0.5, 0.6) is 0 Å². The fourth-order valence-corrected chi connectivity index (χ4v) is 2.60. The highest BCUT2D eigenvalue weighted by molar-refractivity contribution is 7.22. The number of thiazole rings is 1. The zero-order valence-electron chi connectivity index (χ0n) is 11.9. The first kappa shape index (κ1) is 14.7. The molecule has 0 atom stereocenters. The molecule has 1 amide bonds. The zero-order chi connectivity index (χ0) is 14.7. The van der Waals surface area contributed by atoms with Crippen molar-refractivity contribution in [2.75, 3.05) is 25.9 Å². The van der Waals surface area contributed by atoms with Crippen LogP contribution in [-0.2, 0) is 4.74 Å². The topological polar surface area (TPSA) is 68.5 Å². The smallest absolute Gasteiger partial charge is 0.253 e. The van der Waals surface area contributed by atoms with Crippen LogP contribution in [0, 0.1) is 0 Å². The van der Waals surface area contributed by atoms with Crippen molar-refractivity contribution < 1.29 is 9.53 Å². The molecule has 2 N–H and O–H groups in total. The van der Waals surface area contributed by atoms with Crippen LogP contribution in [0.15, 0.2) is 18.2 Å². The van der Waals surface area contributed by atoms with Crippen LogP contribution < -0.4 is 5.73 Å². The summed E-state index contributed by atoms with van der Waals surface area (Å²) in [4.78, 5) is 18.1. The quantitative estimate of drug-likeness (QED) is 0.919. The van der Waals surface area contributed by atoms with E-state index in [0.29, 0.717) is 23.8 Å². The number of fused-ring (bicyclic) bond motifs is 1. The van der Waals surface area contributed by atoms with E-state index in [1.165, 1.54) is 11.3 Å². The predicted molar refractivity (Wildman–Crippen MR) is 82.1 cm³/mol. The fraction of sp³-hybridized carbons (Fsp3) is 0.429. The van der Waals surface area contributed by atoms with Gasteiger partial charge < -0.3 is 15.4 Å². The van der Waals surface area contributed by atoms with Crippen molar-refractivity contribution in [1.29, 1.82) is 0 Å². The molecule has 5 nitrogen and oxygen atoms in total. The van der Waals surface area contributed by atoms with E-state index in [2.05, 4.69) is 4.98 Å². The minimum atomic E-state index is -0.0220. The van der Waals surface area contributed by atoms with Crippen LogP contribution in [-0.4, -0.2) is 42.1 Å². The lowest BCUT2D eigenvalue weighted by atomic mass is 10.2. The van der Waals surface area contributed by atoms with Gasteiger partial charge in [-0.3, -0.25) is 4.79 Å². The highest BCUT2D eigenvalue weighted by Gasteiger charge is 2.13. The maximum Gasteiger partial charge on any atom is 0.253 e. The molecule has 0 saturated heterocycles. The van der Waals surface area contributed by atoms with E-state index in [-0.39, 0.29) is 12.0 Å². The minimum absolute atomic E-state index is 0.0220. The Morgan fingerprint density at radius 2 is 2.25 bits per heavy atom. The summed E-state index contributed by atoms with van der Waals surface area (Å²) in [5.41, 5.74) is 7.14. The monoisotopic (exact) mass is 293 g/mol. The van der Waals surface area contributed by atoms with Crippen LogP contribution in [0.4, 0.5) is 5.13 Å². The van der Waals surface area contributed by atoms with Gasteiger partial charge in [-0.1, -0.05) is 11.3 Å². The zero-order valence-corrected chi connectivity index (χ0v) is 12.7. The molecule has 1 heterocycles. The molecule has 6 heteroatoms. The average Bonchev–Trinajstić information content (AvgIpc) is 2.76. The molecule has 0 aliphatic heterocycles. The molecule has 0 bridgehead atoms. The van der Waals surface area contributed by atoms with Crippen molar-refractivity contribution in [2.24, 2.45) is 0 Å². The highest BCUT2D eigenvalue weighted by Crippen LogP contribution is 2.24. The molecule has 2 rings (SSSR count). The molecular weight excluding hydrogens is 274 g/mol. The van der Waals surface area contributed by atoms with Crippen molar-refractivity contribution in [1.82, 2.24) is 9.88 Å². The van der Waals surface area contributed by atoms with Gasteiger partial charge in [0.15, 0.2) is 5.13 Å². The molecule has 1 aromatic carbocycles. The normalized spacial score (nSPS) is 11.2. The molecule has 0 aliphatic carbocycles. The van der Waals surface area contributed by atoms with Crippen LogP contribution in [0.25, 0.3) is 10.2 Å². The van der Waals surface area contributed by atoms with E-state index in [4.69, 9.17) is 10.5 Å². The van der Waals surface area contributed by atoms with Crippen LogP contribution >= 0.6 is 11.3 Å². The van der Waals surface area contributed by atoms with E-state index in [1.807, 2.05) is 26.0 Å². The predicted octanol–water partition coefficient (Wildman–Crippen LogP) is 2.38. The number of aromatic nitrogens is 1. The van der Waals surface area contributed by atoms with Crippen molar-refractivity contribution >= 4 is 32.6 Å². The number of benzene rings is 1. The number of nitrogens with two attached hydrogens (primary N) is 1. The third-order valence-corrected chi connectivity index (χ3v) is 3.72. The number of nitrogens with zero attached hydrogens (tertiary/aromatic N) is 2. The number of ether oxygens (including phenoxy) is 1. The first-order valence-electron chi connectivity index (χ1n) is 6.50. The summed E-state index contributed by atoms with van der Waals surface area (Å²) < 4.78 is 6.38. The molecule has 108 valence electrons. The van der Waals surface area contributed by atoms with Gasteiger partial charge in [0, 0.05) is 19.2 Å². The maximum absolute atomic E-state index is 12.3. The van der Waals surface area contributed by atoms with Gasteiger partial charge in [-0.25, -0.2) is 4.98 Å². The van der Waals surface area contributed by atoms with E-state index >= 15 is 0 Å². The summed E-state index contributed by atoms with van der Waals surface area (Å²) in [6, 6.07) is 5.45. The average molecular weight is 293 g/mol. The molecule has 1 aromatic heterocycles. The van der Waals surface area contributed by atoms with Crippen LogP contribution in [0.2, 0.25) is 0 Å². The van der Waals surface area contributed by atoms with E-state index in [0.717, 1.165) is 10.2 Å². The van der Waals surface area contributed by atoms with Crippen LogP contribution in [0.3, 0.4) is 0 Å². The number of carbonyl (C=O) groups is 1. The van der Waals surface area contributed by atoms with Gasteiger partial charge >= 0.3 is 0 Å². The largest absolute Gasteiger partial charge is 0.377 e. The molecule has 0 fully saturated rings. The number of nitrogen functional groups attached to an aromatic ring is 1. The SMILES string of the molecule is CC(C)OCCN(C)C(=O)c1ccc2nc(N)sc2c1. The third kappa shape index (κ3) is 3.46. The van der Waals surface area contributed by atoms with E-state index < -0.39 is 0 Å². The first-order valence-corrected chi connectivity index (χ1v) is 7.32. The summed E-state index contributed by atoms with van der Waals surface area (Å²) in [5, 5.41) is 0.517. The number of anilines is 1. The Hall–Kier alpha value is -1.66. The summed E-state index contributed by atoms with van der Waals surface area (Å²) in [5.74, 6) is -0.0220. The second-order valence-corrected chi connectivity index (χ2v) is 5.94. The number of rotatable bonds is 5. The summed E-state index contributed by atoms with van der Waals surface area (Å²) in [7, 11) is 1.78. The third-order valence-electron chi connectivity index (χ3n) is 2.88. The molecule has 20 heavy (non-hydrogen) atoms. The standard InChI is InChI=1S/C14H19N3O2S/c1-9(2)19-7-6-17(3)13(18)10-4-5-11-12(8-10)20-14(15)16-11/h4-5,8-9H,6-7H2,1-3H3,(H2,15,16). The molecular formula is C14H19N3O2S. The molecule has 2 aromatic rings. The number of carbonyl (C=O) groups excluding carboxylic acids is 1. The van der Waals surface area contributed by atoms with Crippen molar-refractivity contribution in [3.63, 3.8) is 0 Å². The van der Waals surface area contributed by atoms with E-state index in [1.54, 1.807) is 18.0 Å². The van der Waals surface area contributed by atoms with Gasteiger partial charge in [0.05, 0.1) is 22.9 Å². The van der Waals surface area contributed by atoms with Gasteiger partial charge in [0.2, 0.25) is 0 Å². The number of likely N-dealkylation sites (N-methyl/N-ethyl adjacent to an activating group) is 1. The van der Waals surface area contributed by atoms with Crippen LogP contribution in [0.1, 0.15) is 24.2 Å². The van der Waals surface area contributed by atoms with E-state index in [9.17, 15) is 4.79 Å². The van der Waals surface area contributed by atoms with Gasteiger partial charge in [0.25, 0.3) is 5.91 Å². The number of hydrogen-bond donors (Lipinski definition) is 1. The Labute approximate surface area is 122 Å². The maximum atomic E-state index is 12.3. The highest BCUT2D eigenvalue weighted by atomic mass is 32.1. The second kappa shape index (κ2) is 6.19. The minimum Gasteiger partial charge on any atom is -0.377 e. The lowest BCUT2D eigenvalue weighted by Crippen LogP contribution is -2.30. The van der Waals surface area contributed by atoms with Gasteiger partial charge in [-0.15, -0.1) is 0 Å². The van der Waals surface area contributed by atoms with Gasteiger partial charge in [-0.05, 0) is 32.0 Å². The van der Waals surface area contributed by atoms with Crippen molar-refractivity contribution in [2.45, 2.75) is 20.0 Å². The Balaban J connectivity index is 2.06. The summed E-state index contributed by atoms with van der Waals surface area (Å²) >= 11 is 1.39. The Kier molecular flexibility index (Phi) is 4.57. The summed E-state index contributed by atoms with van der Waals surface area (Å²) in [6.45, 7) is 5.06. The first-order chi connectivity index (χ1) is 9.47. The Morgan fingerprint density at radius 3 is 2.95 bits per heavy atom. The lowest BCUT2D eigenvalue weighted by molar-refractivity contribution is 0.0532. The Bertz CT molecular complexity index is 609. The Morgan fingerprint density at radius 1 is 1.50 bits per heavy atom. The second-order valence-electron chi connectivity index (χ2n) is 4.88. The van der Waals surface area contributed by atoms with Gasteiger partial charge in [-0.2, -0.15) is 0 Å². The summed E-state index contributed by atoms with van der Waals surface area (Å²) in [6.07, 6.45) is 0.176. The fourth-order valence-electron chi connectivity index (χ4n) is 1.82. The molecule has 0 radical (unpaired) electrons.